The minimum Gasteiger partial charge on any atom is -0.461 e. The third kappa shape index (κ3) is 9.21. The molecule has 36 heavy (non-hydrogen) atoms. The van der Waals surface area contributed by atoms with E-state index in [2.05, 4.69) is 32.2 Å². The zero-order valence-corrected chi connectivity index (χ0v) is 22.2. The van der Waals surface area contributed by atoms with E-state index in [-0.39, 0.29) is 24.4 Å². The fourth-order valence-corrected chi connectivity index (χ4v) is 4.63. The van der Waals surface area contributed by atoms with E-state index >= 15 is 0 Å². The van der Waals surface area contributed by atoms with Crippen molar-refractivity contribution in [3.8, 4) is 0 Å². The minimum absolute atomic E-state index is 0.0335. The van der Waals surface area contributed by atoms with E-state index in [9.17, 15) is 19.8 Å². The van der Waals surface area contributed by atoms with Gasteiger partial charge in [0.2, 0.25) is 0 Å². The van der Waals surface area contributed by atoms with Gasteiger partial charge in [-0.25, -0.2) is 9.59 Å². The van der Waals surface area contributed by atoms with Crippen LogP contribution in [0.1, 0.15) is 95.1 Å². The van der Waals surface area contributed by atoms with Crippen LogP contribution in [0.2, 0.25) is 0 Å². The molecular formula is C30H44O6. The molecule has 0 radical (unpaired) electrons. The summed E-state index contributed by atoms with van der Waals surface area (Å²) in [6, 6.07) is 8.25. The molecule has 1 aromatic rings. The average Bonchev–Trinajstić information content (AvgIpc) is 2.88. The van der Waals surface area contributed by atoms with Gasteiger partial charge < -0.3 is 19.7 Å². The van der Waals surface area contributed by atoms with Crippen molar-refractivity contribution in [1.29, 1.82) is 0 Å². The highest BCUT2D eigenvalue weighted by Gasteiger charge is 2.24. The summed E-state index contributed by atoms with van der Waals surface area (Å²) in [4.78, 5) is 24.4. The van der Waals surface area contributed by atoms with Crippen molar-refractivity contribution in [3.05, 3.63) is 59.7 Å². The molecule has 0 heterocycles. The SMILES string of the molecule is C=C(C(=O)OCC(COC(=O)C(=C)C(C)O)c1ccc(C2CCC(CCCCC)CC2)cc1)C(C)O. The van der Waals surface area contributed by atoms with E-state index in [1.807, 2.05) is 12.1 Å². The Labute approximate surface area is 216 Å². The van der Waals surface area contributed by atoms with Crippen molar-refractivity contribution in [1.82, 2.24) is 0 Å². The zero-order valence-electron chi connectivity index (χ0n) is 22.2. The Balaban J connectivity index is 2.03. The largest absolute Gasteiger partial charge is 0.461 e. The Bertz CT molecular complexity index is 826. The summed E-state index contributed by atoms with van der Waals surface area (Å²) in [6.45, 7) is 12.2. The first-order valence-corrected chi connectivity index (χ1v) is 13.3. The molecule has 6 heteroatoms. The molecule has 0 spiro atoms. The maximum absolute atomic E-state index is 12.2. The third-order valence-electron chi connectivity index (χ3n) is 7.31. The molecule has 0 amide bonds. The molecule has 0 saturated heterocycles. The number of carbonyl (C=O) groups is 2. The lowest BCUT2D eigenvalue weighted by Gasteiger charge is -2.29. The topological polar surface area (TPSA) is 93.1 Å². The standard InChI is InChI=1S/C30H44O6/c1-6-7-8-9-24-10-12-25(13-11-24)26-14-16-27(17-15-26)28(18-35-29(33)20(2)22(4)31)19-36-30(34)21(3)23(5)32/h14-17,22-25,28,31-32H,2-3,6-13,18-19H2,1,4-5H3. The predicted octanol–water partition coefficient (Wildman–Crippen LogP) is 5.58. The number of esters is 2. The fraction of sp³-hybridized carbons (Fsp3) is 0.600. The van der Waals surface area contributed by atoms with Crippen LogP contribution in [0.25, 0.3) is 0 Å². The molecule has 1 aliphatic rings. The van der Waals surface area contributed by atoms with Crippen molar-refractivity contribution in [2.24, 2.45) is 5.92 Å². The lowest BCUT2D eigenvalue weighted by atomic mass is 9.77. The van der Waals surface area contributed by atoms with Gasteiger partial charge in [-0.15, -0.1) is 0 Å². The number of rotatable bonds is 14. The van der Waals surface area contributed by atoms with Gasteiger partial charge >= 0.3 is 11.9 Å². The lowest BCUT2D eigenvalue weighted by molar-refractivity contribution is -0.143. The fourth-order valence-electron chi connectivity index (χ4n) is 4.63. The molecule has 6 nitrogen and oxygen atoms in total. The molecule has 2 unspecified atom stereocenters. The van der Waals surface area contributed by atoms with Gasteiger partial charge in [0.1, 0.15) is 13.2 Å². The van der Waals surface area contributed by atoms with Gasteiger partial charge in [0.15, 0.2) is 0 Å². The third-order valence-corrected chi connectivity index (χ3v) is 7.31. The van der Waals surface area contributed by atoms with Gasteiger partial charge in [-0.1, -0.05) is 70.0 Å². The molecule has 2 rings (SSSR count). The van der Waals surface area contributed by atoms with Gasteiger partial charge in [-0.2, -0.15) is 0 Å². The average molecular weight is 501 g/mol. The first-order valence-electron chi connectivity index (χ1n) is 13.3. The number of benzene rings is 1. The van der Waals surface area contributed by atoms with Gasteiger partial charge in [0.25, 0.3) is 0 Å². The van der Waals surface area contributed by atoms with Crippen LogP contribution in [0.5, 0.6) is 0 Å². The Kier molecular flexibility index (Phi) is 12.4. The molecule has 2 atom stereocenters. The number of aliphatic hydroxyl groups is 2. The van der Waals surface area contributed by atoms with Gasteiger partial charge in [-0.3, -0.25) is 0 Å². The number of hydrogen-bond donors (Lipinski definition) is 2. The summed E-state index contributed by atoms with van der Waals surface area (Å²) < 4.78 is 10.7. The van der Waals surface area contributed by atoms with Crippen LogP contribution >= 0.6 is 0 Å². The van der Waals surface area contributed by atoms with Crippen molar-refractivity contribution in [2.75, 3.05) is 13.2 Å². The predicted molar refractivity (Wildman–Crippen MR) is 142 cm³/mol. The summed E-state index contributed by atoms with van der Waals surface area (Å²) in [5.41, 5.74) is 2.11. The Morgan fingerprint density at radius 1 is 0.889 bits per heavy atom. The molecule has 0 aliphatic heterocycles. The van der Waals surface area contributed by atoms with E-state index in [1.165, 1.54) is 70.8 Å². The quantitative estimate of drug-likeness (QED) is 0.197. The molecule has 0 bridgehead atoms. The molecule has 2 N–H and O–H groups in total. The summed E-state index contributed by atoms with van der Waals surface area (Å²) in [6.07, 6.45) is 8.24. The second-order valence-electron chi connectivity index (χ2n) is 10.2. The Morgan fingerprint density at radius 3 is 1.83 bits per heavy atom. The maximum atomic E-state index is 12.2. The molecule has 1 aliphatic carbocycles. The van der Waals surface area contributed by atoms with Crippen molar-refractivity contribution in [2.45, 2.75) is 96.2 Å². The highest BCUT2D eigenvalue weighted by molar-refractivity contribution is 5.89. The normalized spacial score (nSPS) is 20.1. The van der Waals surface area contributed by atoms with Crippen molar-refractivity contribution < 1.29 is 29.3 Å². The first-order chi connectivity index (χ1) is 17.1. The van der Waals surface area contributed by atoms with E-state index in [1.54, 1.807) is 0 Å². The first kappa shape index (κ1) is 29.8. The summed E-state index contributed by atoms with van der Waals surface area (Å²) >= 11 is 0. The Hall–Kier alpha value is -2.44. The highest BCUT2D eigenvalue weighted by atomic mass is 16.5. The Morgan fingerprint density at radius 2 is 1.39 bits per heavy atom. The van der Waals surface area contributed by atoms with E-state index in [4.69, 9.17) is 9.47 Å². The second kappa shape index (κ2) is 15.0. The van der Waals surface area contributed by atoms with E-state index in [0.717, 1.165) is 11.5 Å². The van der Waals surface area contributed by atoms with Gasteiger partial charge in [0, 0.05) is 0 Å². The van der Waals surface area contributed by atoms with Crippen LogP contribution in [0.15, 0.2) is 48.6 Å². The molecule has 200 valence electrons. The smallest absolute Gasteiger partial charge is 0.336 e. The van der Waals surface area contributed by atoms with E-state index in [0.29, 0.717) is 5.92 Å². The van der Waals surface area contributed by atoms with Crippen LogP contribution in [-0.2, 0) is 19.1 Å². The van der Waals surface area contributed by atoms with Crippen LogP contribution in [0.3, 0.4) is 0 Å². The van der Waals surface area contributed by atoms with Crippen molar-refractivity contribution >= 4 is 11.9 Å². The van der Waals surface area contributed by atoms with E-state index < -0.39 is 30.1 Å². The number of carbonyl (C=O) groups excluding carboxylic acids is 2. The van der Waals surface area contributed by atoms with Crippen LogP contribution < -0.4 is 0 Å². The molecule has 1 saturated carbocycles. The summed E-state index contributed by atoms with van der Waals surface area (Å²) in [5, 5.41) is 19.2. The maximum Gasteiger partial charge on any atom is 0.336 e. The van der Waals surface area contributed by atoms with Crippen LogP contribution in [0.4, 0.5) is 0 Å². The molecule has 1 aromatic carbocycles. The molecule has 1 fully saturated rings. The zero-order chi connectivity index (χ0) is 26.7. The lowest BCUT2D eigenvalue weighted by Crippen LogP contribution is -2.24. The second-order valence-corrected chi connectivity index (χ2v) is 10.2. The number of unbranched alkanes of at least 4 members (excludes halogenated alkanes) is 2. The molecule has 0 aromatic heterocycles. The number of aliphatic hydroxyl groups excluding tert-OH is 2. The highest BCUT2D eigenvalue weighted by Crippen LogP contribution is 2.38. The van der Waals surface area contributed by atoms with Gasteiger partial charge in [0.05, 0.1) is 29.3 Å². The van der Waals surface area contributed by atoms with Gasteiger partial charge in [-0.05, 0) is 62.5 Å². The molecular weight excluding hydrogens is 456 g/mol. The summed E-state index contributed by atoms with van der Waals surface area (Å²) in [7, 11) is 0. The minimum atomic E-state index is -1.01. The van der Waals surface area contributed by atoms with Crippen molar-refractivity contribution in [3.63, 3.8) is 0 Å². The van der Waals surface area contributed by atoms with Crippen LogP contribution in [0, 0.1) is 5.92 Å². The number of hydrogen-bond acceptors (Lipinski definition) is 6. The number of ether oxygens (including phenoxy) is 2. The summed E-state index contributed by atoms with van der Waals surface area (Å²) in [5.74, 6) is -0.387. The monoisotopic (exact) mass is 500 g/mol. The van der Waals surface area contributed by atoms with Crippen LogP contribution in [-0.4, -0.2) is 47.6 Å².